The zero-order valence-corrected chi connectivity index (χ0v) is 17.8. The fraction of sp³-hybridized carbons (Fsp3) is 0.348. The van der Waals surface area contributed by atoms with E-state index in [1.54, 1.807) is 18.3 Å². The minimum absolute atomic E-state index is 0.0273. The van der Waals surface area contributed by atoms with E-state index in [9.17, 15) is 14.0 Å². The van der Waals surface area contributed by atoms with Crippen molar-refractivity contribution in [2.75, 3.05) is 29.9 Å². The Kier molecular flexibility index (Phi) is 5.40. The molecule has 31 heavy (non-hydrogen) atoms. The maximum absolute atomic E-state index is 14.9. The number of pyridine rings is 1. The highest BCUT2D eigenvalue weighted by Gasteiger charge is 2.30. The SMILES string of the molecule is O=C(Nc1cc(-c2ccc(CC(=O)N3CCSCC3)c(F)c2)c2cc[nH]c2n1)C1CC1. The number of carbonyl (C=O) groups excluding carboxylic acids is 2. The second-order valence-electron chi connectivity index (χ2n) is 8.03. The lowest BCUT2D eigenvalue weighted by molar-refractivity contribution is -0.130. The Morgan fingerprint density at radius 2 is 2.00 bits per heavy atom. The first kappa shape index (κ1) is 20.1. The van der Waals surface area contributed by atoms with Gasteiger partial charge in [0.2, 0.25) is 11.8 Å². The number of H-pyrrole nitrogens is 1. The van der Waals surface area contributed by atoms with Crippen LogP contribution in [0.1, 0.15) is 18.4 Å². The number of hydrogen-bond donors (Lipinski definition) is 2. The fourth-order valence-corrected chi connectivity index (χ4v) is 4.76. The van der Waals surface area contributed by atoms with E-state index in [0.717, 1.165) is 48.4 Å². The Hall–Kier alpha value is -2.87. The number of benzene rings is 1. The summed E-state index contributed by atoms with van der Waals surface area (Å²) in [5, 5.41) is 3.71. The molecule has 1 aliphatic heterocycles. The highest BCUT2D eigenvalue weighted by atomic mass is 32.2. The van der Waals surface area contributed by atoms with Gasteiger partial charge in [-0.1, -0.05) is 12.1 Å². The normalized spacial score (nSPS) is 16.5. The second-order valence-corrected chi connectivity index (χ2v) is 9.26. The lowest BCUT2D eigenvalue weighted by Gasteiger charge is -2.26. The molecule has 1 saturated carbocycles. The van der Waals surface area contributed by atoms with Crippen molar-refractivity contribution in [1.82, 2.24) is 14.9 Å². The first-order valence-corrected chi connectivity index (χ1v) is 11.7. The first-order valence-electron chi connectivity index (χ1n) is 10.5. The van der Waals surface area contributed by atoms with Gasteiger partial charge >= 0.3 is 0 Å². The number of fused-ring (bicyclic) bond motifs is 1. The smallest absolute Gasteiger partial charge is 0.228 e. The van der Waals surface area contributed by atoms with Crippen molar-refractivity contribution >= 4 is 40.4 Å². The average Bonchev–Trinajstić information content (AvgIpc) is 3.53. The molecule has 0 atom stereocenters. The fourth-order valence-electron chi connectivity index (χ4n) is 3.86. The molecule has 2 N–H and O–H groups in total. The summed E-state index contributed by atoms with van der Waals surface area (Å²) in [6, 6.07) is 8.63. The van der Waals surface area contributed by atoms with Crippen molar-refractivity contribution in [3.05, 3.63) is 47.9 Å². The van der Waals surface area contributed by atoms with E-state index < -0.39 is 5.82 Å². The molecule has 1 saturated heterocycles. The van der Waals surface area contributed by atoms with Crippen LogP contribution in [0.2, 0.25) is 0 Å². The van der Waals surface area contributed by atoms with E-state index in [0.29, 0.717) is 22.6 Å². The van der Waals surface area contributed by atoms with Crippen LogP contribution < -0.4 is 5.32 Å². The van der Waals surface area contributed by atoms with Crippen LogP contribution in [0, 0.1) is 11.7 Å². The van der Waals surface area contributed by atoms with E-state index in [1.807, 2.05) is 28.8 Å². The standard InChI is InChI=1S/C23H23FN4O2S/c24-19-11-15(3-4-16(19)12-21(29)28-7-9-31-10-8-28)18-13-20(27-23(30)14-1-2-14)26-22-17(18)5-6-25-22/h3-6,11,13-14H,1-2,7-10,12H2,(H2,25,26,27,30). The molecule has 2 aliphatic rings. The molecule has 160 valence electrons. The highest BCUT2D eigenvalue weighted by Crippen LogP contribution is 2.33. The third-order valence-electron chi connectivity index (χ3n) is 5.80. The molecule has 5 rings (SSSR count). The number of anilines is 1. The molecule has 2 amide bonds. The van der Waals surface area contributed by atoms with Crippen molar-refractivity contribution < 1.29 is 14.0 Å². The van der Waals surface area contributed by atoms with E-state index in [2.05, 4.69) is 15.3 Å². The summed E-state index contributed by atoms with van der Waals surface area (Å²) >= 11 is 1.83. The molecule has 8 heteroatoms. The minimum atomic E-state index is -0.402. The van der Waals surface area contributed by atoms with E-state index in [1.165, 1.54) is 6.07 Å². The topological polar surface area (TPSA) is 78.1 Å². The Bertz CT molecular complexity index is 1150. The number of nitrogens with zero attached hydrogens (tertiary/aromatic N) is 2. The molecular formula is C23H23FN4O2S. The van der Waals surface area contributed by atoms with Gasteiger partial charge in [-0.05, 0) is 47.7 Å². The van der Waals surface area contributed by atoms with Crippen molar-refractivity contribution in [2.45, 2.75) is 19.3 Å². The Morgan fingerprint density at radius 1 is 1.19 bits per heavy atom. The third kappa shape index (κ3) is 4.30. The molecule has 3 aromatic rings. The molecule has 1 aromatic carbocycles. The van der Waals surface area contributed by atoms with Crippen LogP contribution in [0.3, 0.4) is 0 Å². The van der Waals surface area contributed by atoms with Gasteiger partial charge in [-0.15, -0.1) is 0 Å². The Labute approximate surface area is 183 Å². The zero-order valence-electron chi connectivity index (χ0n) is 17.0. The minimum Gasteiger partial charge on any atom is -0.346 e. The van der Waals surface area contributed by atoms with Gasteiger partial charge in [0.05, 0.1) is 6.42 Å². The van der Waals surface area contributed by atoms with Gasteiger partial charge in [-0.2, -0.15) is 11.8 Å². The maximum atomic E-state index is 14.9. The summed E-state index contributed by atoms with van der Waals surface area (Å²) in [5.41, 5.74) is 2.49. The van der Waals surface area contributed by atoms with Gasteiger partial charge in [0.1, 0.15) is 17.3 Å². The van der Waals surface area contributed by atoms with Gasteiger partial charge < -0.3 is 15.2 Å². The van der Waals surface area contributed by atoms with Gasteiger partial charge in [0.15, 0.2) is 0 Å². The molecule has 1 aliphatic carbocycles. The number of thioether (sulfide) groups is 1. The zero-order chi connectivity index (χ0) is 21.4. The predicted molar refractivity (Wildman–Crippen MR) is 120 cm³/mol. The van der Waals surface area contributed by atoms with E-state index >= 15 is 0 Å². The molecular weight excluding hydrogens is 415 g/mol. The maximum Gasteiger partial charge on any atom is 0.228 e. The lowest BCUT2D eigenvalue weighted by atomic mass is 10.00. The molecule has 2 aromatic heterocycles. The van der Waals surface area contributed by atoms with Crippen molar-refractivity contribution in [2.24, 2.45) is 5.92 Å². The van der Waals surface area contributed by atoms with Crippen LogP contribution in [0.15, 0.2) is 36.5 Å². The van der Waals surface area contributed by atoms with Crippen LogP contribution in [0.5, 0.6) is 0 Å². The summed E-state index contributed by atoms with van der Waals surface area (Å²) in [5.74, 6) is 1.92. The monoisotopic (exact) mass is 438 g/mol. The lowest BCUT2D eigenvalue weighted by Crippen LogP contribution is -2.38. The van der Waals surface area contributed by atoms with E-state index in [4.69, 9.17) is 0 Å². The quantitative estimate of drug-likeness (QED) is 0.635. The number of halogens is 1. The number of carbonyl (C=O) groups is 2. The second kappa shape index (κ2) is 8.34. The van der Waals surface area contributed by atoms with Gasteiger partial charge in [0, 0.05) is 42.1 Å². The van der Waals surface area contributed by atoms with Crippen LogP contribution in [-0.4, -0.2) is 51.3 Å². The molecule has 0 spiro atoms. The number of hydrogen-bond acceptors (Lipinski definition) is 4. The number of aromatic nitrogens is 2. The highest BCUT2D eigenvalue weighted by molar-refractivity contribution is 7.99. The third-order valence-corrected chi connectivity index (χ3v) is 6.74. The Balaban J connectivity index is 1.41. The number of amides is 2. The van der Waals surface area contributed by atoms with Crippen LogP contribution >= 0.6 is 11.8 Å². The summed E-state index contributed by atoms with van der Waals surface area (Å²) in [7, 11) is 0. The van der Waals surface area contributed by atoms with Crippen molar-refractivity contribution in [1.29, 1.82) is 0 Å². The Morgan fingerprint density at radius 3 is 2.74 bits per heavy atom. The molecule has 0 unspecified atom stereocenters. The summed E-state index contributed by atoms with van der Waals surface area (Å²) in [6.07, 6.45) is 3.65. The van der Waals surface area contributed by atoms with E-state index in [-0.39, 0.29) is 24.2 Å². The molecule has 0 bridgehead atoms. The van der Waals surface area contributed by atoms with Gasteiger partial charge in [-0.25, -0.2) is 9.37 Å². The van der Waals surface area contributed by atoms with Crippen molar-refractivity contribution in [3.63, 3.8) is 0 Å². The van der Waals surface area contributed by atoms with Crippen molar-refractivity contribution in [3.8, 4) is 11.1 Å². The first-order chi connectivity index (χ1) is 15.1. The van der Waals surface area contributed by atoms with Crippen LogP contribution in [0.4, 0.5) is 10.2 Å². The van der Waals surface area contributed by atoms with Gasteiger partial charge in [-0.3, -0.25) is 9.59 Å². The number of rotatable bonds is 5. The summed E-state index contributed by atoms with van der Waals surface area (Å²) in [4.78, 5) is 34.0. The molecule has 6 nitrogen and oxygen atoms in total. The largest absolute Gasteiger partial charge is 0.346 e. The average molecular weight is 439 g/mol. The van der Waals surface area contributed by atoms with Crippen LogP contribution in [-0.2, 0) is 16.0 Å². The summed E-state index contributed by atoms with van der Waals surface area (Å²) < 4.78 is 14.9. The number of aromatic amines is 1. The predicted octanol–water partition coefficient (Wildman–Crippen LogP) is 3.84. The molecule has 3 heterocycles. The van der Waals surface area contributed by atoms with Gasteiger partial charge in [0.25, 0.3) is 0 Å². The van der Waals surface area contributed by atoms with Crippen LogP contribution in [0.25, 0.3) is 22.2 Å². The number of nitrogens with one attached hydrogen (secondary N) is 2. The molecule has 0 radical (unpaired) electrons. The summed E-state index contributed by atoms with van der Waals surface area (Å²) in [6.45, 7) is 1.45. The molecule has 2 fully saturated rings.